The third-order valence-electron chi connectivity index (χ3n) is 2.09. The zero-order valence-corrected chi connectivity index (χ0v) is 9.86. The molecule has 1 aromatic rings. The van der Waals surface area contributed by atoms with Crippen LogP contribution in [-0.4, -0.2) is 50.5 Å². The highest BCUT2D eigenvalue weighted by molar-refractivity contribution is 5.40. The summed E-state index contributed by atoms with van der Waals surface area (Å²) in [5, 5.41) is 6.06. The summed E-state index contributed by atoms with van der Waals surface area (Å²) in [7, 11) is 5.10. The molecule has 0 radical (unpaired) electrons. The molecule has 6 heteroatoms. The standard InChI is InChI=1S/C10H18N4O2/c1-11-9-5-12-6-10(14-9)13-4-8(16-3)7-15-2/h5-6,8H,4,7H2,1-3H3,(H2,11,13,14). The van der Waals surface area contributed by atoms with Crippen molar-refractivity contribution in [1.29, 1.82) is 0 Å². The van der Waals surface area contributed by atoms with Crippen molar-refractivity contribution >= 4 is 11.6 Å². The number of nitrogens with zero attached hydrogens (tertiary/aromatic N) is 2. The van der Waals surface area contributed by atoms with Crippen molar-refractivity contribution < 1.29 is 9.47 Å². The lowest BCUT2D eigenvalue weighted by Gasteiger charge is -2.15. The third-order valence-corrected chi connectivity index (χ3v) is 2.09. The van der Waals surface area contributed by atoms with E-state index in [4.69, 9.17) is 9.47 Å². The van der Waals surface area contributed by atoms with Gasteiger partial charge in [0.15, 0.2) is 0 Å². The zero-order valence-electron chi connectivity index (χ0n) is 9.86. The monoisotopic (exact) mass is 226 g/mol. The van der Waals surface area contributed by atoms with Gasteiger partial charge in [-0.2, -0.15) is 0 Å². The van der Waals surface area contributed by atoms with Crippen LogP contribution >= 0.6 is 0 Å². The van der Waals surface area contributed by atoms with Crippen LogP contribution in [0.25, 0.3) is 0 Å². The number of hydrogen-bond acceptors (Lipinski definition) is 6. The van der Waals surface area contributed by atoms with E-state index in [1.165, 1.54) is 0 Å². The molecule has 0 spiro atoms. The smallest absolute Gasteiger partial charge is 0.147 e. The highest BCUT2D eigenvalue weighted by Crippen LogP contribution is 2.05. The van der Waals surface area contributed by atoms with Gasteiger partial charge in [0.2, 0.25) is 0 Å². The Balaban J connectivity index is 2.46. The Hall–Kier alpha value is -1.40. The molecule has 1 aromatic heterocycles. The average Bonchev–Trinajstić information content (AvgIpc) is 2.34. The van der Waals surface area contributed by atoms with Crippen molar-refractivity contribution in [3.8, 4) is 0 Å². The van der Waals surface area contributed by atoms with Crippen LogP contribution in [0, 0.1) is 0 Å². The van der Waals surface area contributed by atoms with Crippen molar-refractivity contribution in [2.45, 2.75) is 6.10 Å². The van der Waals surface area contributed by atoms with Crippen molar-refractivity contribution in [3.63, 3.8) is 0 Å². The highest BCUT2D eigenvalue weighted by Gasteiger charge is 2.06. The van der Waals surface area contributed by atoms with E-state index in [0.29, 0.717) is 19.0 Å². The molecule has 1 unspecified atom stereocenters. The van der Waals surface area contributed by atoms with Gasteiger partial charge in [0.1, 0.15) is 11.6 Å². The van der Waals surface area contributed by atoms with E-state index < -0.39 is 0 Å². The van der Waals surface area contributed by atoms with E-state index in [2.05, 4.69) is 20.6 Å². The van der Waals surface area contributed by atoms with Crippen LogP contribution in [0.2, 0.25) is 0 Å². The molecule has 0 aromatic carbocycles. The molecule has 2 N–H and O–H groups in total. The van der Waals surface area contributed by atoms with E-state index in [1.54, 1.807) is 33.7 Å². The third kappa shape index (κ3) is 4.00. The topological polar surface area (TPSA) is 68.3 Å². The van der Waals surface area contributed by atoms with Crippen LogP contribution in [0.5, 0.6) is 0 Å². The molecule has 1 atom stereocenters. The van der Waals surface area contributed by atoms with E-state index in [0.717, 1.165) is 5.82 Å². The Labute approximate surface area is 95.4 Å². The molecule has 1 heterocycles. The number of rotatable bonds is 7. The van der Waals surface area contributed by atoms with Crippen molar-refractivity contribution in [1.82, 2.24) is 9.97 Å². The molecule has 0 saturated carbocycles. The summed E-state index contributed by atoms with van der Waals surface area (Å²) in [6, 6.07) is 0. The molecule has 0 bridgehead atoms. The van der Waals surface area contributed by atoms with Gasteiger partial charge in [-0.1, -0.05) is 0 Å². The van der Waals surface area contributed by atoms with Gasteiger partial charge in [0.25, 0.3) is 0 Å². The van der Waals surface area contributed by atoms with E-state index in [1.807, 2.05) is 0 Å². The summed E-state index contributed by atoms with van der Waals surface area (Å²) >= 11 is 0. The Bertz CT molecular complexity index is 309. The summed E-state index contributed by atoms with van der Waals surface area (Å²) in [6.45, 7) is 1.18. The van der Waals surface area contributed by atoms with Crippen LogP contribution in [0.15, 0.2) is 12.4 Å². The summed E-state index contributed by atoms with van der Waals surface area (Å²) in [4.78, 5) is 8.32. The van der Waals surface area contributed by atoms with Gasteiger partial charge in [-0.15, -0.1) is 0 Å². The molecular weight excluding hydrogens is 208 g/mol. The van der Waals surface area contributed by atoms with E-state index in [9.17, 15) is 0 Å². The summed E-state index contributed by atoms with van der Waals surface area (Å²) < 4.78 is 10.2. The number of hydrogen-bond donors (Lipinski definition) is 2. The van der Waals surface area contributed by atoms with Crippen LogP contribution in [0.1, 0.15) is 0 Å². The first kappa shape index (κ1) is 12.7. The summed E-state index contributed by atoms with van der Waals surface area (Å²) in [5.74, 6) is 1.44. The lowest BCUT2D eigenvalue weighted by atomic mass is 10.3. The summed E-state index contributed by atoms with van der Waals surface area (Å²) in [5.41, 5.74) is 0. The minimum atomic E-state index is 0.00467. The Morgan fingerprint density at radius 2 is 2.06 bits per heavy atom. The first-order chi connectivity index (χ1) is 7.80. The first-order valence-corrected chi connectivity index (χ1v) is 5.05. The van der Waals surface area contributed by atoms with Crippen LogP contribution in [0.4, 0.5) is 11.6 Å². The molecule has 0 aliphatic carbocycles. The van der Waals surface area contributed by atoms with Gasteiger partial charge in [-0.25, -0.2) is 4.98 Å². The number of aromatic nitrogens is 2. The second-order valence-corrected chi connectivity index (χ2v) is 3.23. The van der Waals surface area contributed by atoms with E-state index >= 15 is 0 Å². The van der Waals surface area contributed by atoms with Crippen molar-refractivity contribution in [3.05, 3.63) is 12.4 Å². The minimum Gasteiger partial charge on any atom is -0.382 e. The Morgan fingerprint density at radius 1 is 1.31 bits per heavy atom. The lowest BCUT2D eigenvalue weighted by Crippen LogP contribution is -2.26. The molecule has 0 saturated heterocycles. The minimum absolute atomic E-state index is 0.00467. The summed E-state index contributed by atoms with van der Waals surface area (Å²) in [6.07, 6.45) is 3.33. The fourth-order valence-corrected chi connectivity index (χ4v) is 1.19. The van der Waals surface area contributed by atoms with Gasteiger partial charge in [-0.05, 0) is 0 Å². The molecule has 90 valence electrons. The van der Waals surface area contributed by atoms with Gasteiger partial charge in [-0.3, -0.25) is 4.98 Å². The van der Waals surface area contributed by atoms with Crippen LogP contribution < -0.4 is 10.6 Å². The fourth-order valence-electron chi connectivity index (χ4n) is 1.19. The molecule has 6 nitrogen and oxygen atoms in total. The number of ether oxygens (including phenoxy) is 2. The van der Waals surface area contributed by atoms with Crippen LogP contribution in [0.3, 0.4) is 0 Å². The normalized spacial score (nSPS) is 12.2. The second kappa shape index (κ2) is 6.97. The molecule has 0 aliphatic heterocycles. The Morgan fingerprint density at radius 3 is 2.69 bits per heavy atom. The quantitative estimate of drug-likeness (QED) is 0.709. The molecule has 16 heavy (non-hydrogen) atoms. The van der Waals surface area contributed by atoms with Gasteiger partial charge < -0.3 is 20.1 Å². The second-order valence-electron chi connectivity index (χ2n) is 3.23. The van der Waals surface area contributed by atoms with Gasteiger partial charge >= 0.3 is 0 Å². The molecule has 0 fully saturated rings. The predicted molar refractivity (Wildman–Crippen MR) is 62.7 cm³/mol. The molecular formula is C10H18N4O2. The molecule has 0 aliphatic rings. The average molecular weight is 226 g/mol. The number of methoxy groups -OCH3 is 2. The predicted octanol–water partition coefficient (Wildman–Crippen LogP) is 0.592. The SMILES string of the molecule is CNc1cncc(NCC(COC)OC)n1. The van der Waals surface area contributed by atoms with Crippen molar-refractivity contribution in [2.24, 2.45) is 0 Å². The first-order valence-electron chi connectivity index (χ1n) is 5.05. The molecule has 0 amide bonds. The maximum absolute atomic E-state index is 5.22. The van der Waals surface area contributed by atoms with Gasteiger partial charge in [0, 0.05) is 27.8 Å². The fraction of sp³-hybridized carbons (Fsp3) is 0.600. The maximum atomic E-state index is 5.22. The largest absolute Gasteiger partial charge is 0.382 e. The number of nitrogens with one attached hydrogen (secondary N) is 2. The molecule has 1 rings (SSSR count). The Kier molecular flexibility index (Phi) is 5.52. The van der Waals surface area contributed by atoms with E-state index in [-0.39, 0.29) is 6.10 Å². The highest BCUT2D eigenvalue weighted by atomic mass is 16.5. The van der Waals surface area contributed by atoms with Gasteiger partial charge in [0.05, 0.1) is 25.1 Å². The maximum Gasteiger partial charge on any atom is 0.147 e. The van der Waals surface area contributed by atoms with Crippen LogP contribution in [-0.2, 0) is 9.47 Å². The zero-order chi connectivity index (χ0) is 11.8. The lowest BCUT2D eigenvalue weighted by molar-refractivity contribution is 0.0365. The van der Waals surface area contributed by atoms with Crippen molar-refractivity contribution in [2.75, 3.05) is 45.1 Å². The number of anilines is 2.